The lowest BCUT2D eigenvalue weighted by Crippen LogP contribution is -2.29. The van der Waals surface area contributed by atoms with Crippen LogP contribution in [-0.2, 0) is 6.54 Å². The van der Waals surface area contributed by atoms with Gasteiger partial charge in [0, 0.05) is 11.9 Å². The first-order chi connectivity index (χ1) is 13.2. The second-order valence-electron chi connectivity index (χ2n) is 6.74. The maximum absolute atomic E-state index is 12.7. The molecule has 0 bridgehead atoms. The molecule has 1 amide bonds. The van der Waals surface area contributed by atoms with Gasteiger partial charge in [0.05, 0.1) is 11.1 Å². The smallest absolute Gasteiger partial charge is 0.267 e. The summed E-state index contributed by atoms with van der Waals surface area (Å²) in [6.45, 7) is 4.42. The number of amides is 1. The fourth-order valence-electron chi connectivity index (χ4n) is 3.39. The van der Waals surface area contributed by atoms with Gasteiger partial charge in [0.25, 0.3) is 11.5 Å². The Bertz CT molecular complexity index is 956. The van der Waals surface area contributed by atoms with Gasteiger partial charge in [-0.2, -0.15) is 10.2 Å². The van der Waals surface area contributed by atoms with E-state index in [0.29, 0.717) is 17.3 Å². The first-order valence-electron chi connectivity index (χ1n) is 9.71. The number of carbonyl (C=O) groups excluding carboxylic acids is 1. The fraction of sp³-hybridized carbons (Fsp3) is 0.429. The number of benzene rings is 1. The summed E-state index contributed by atoms with van der Waals surface area (Å²) in [6.07, 6.45) is 8.56. The van der Waals surface area contributed by atoms with Gasteiger partial charge in [-0.3, -0.25) is 9.59 Å². The third kappa shape index (κ3) is 4.15. The van der Waals surface area contributed by atoms with E-state index in [2.05, 4.69) is 28.6 Å². The number of aryl methyl sites for hydroxylation is 1. The maximum Gasteiger partial charge on any atom is 0.292 e. The van der Waals surface area contributed by atoms with Gasteiger partial charge in [-0.15, -0.1) is 0 Å². The molecule has 6 heteroatoms. The van der Waals surface area contributed by atoms with Gasteiger partial charge in [0.15, 0.2) is 5.69 Å². The molecule has 0 saturated heterocycles. The van der Waals surface area contributed by atoms with E-state index < -0.39 is 0 Å². The monoisotopic (exact) mass is 366 g/mol. The summed E-state index contributed by atoms with van der Waals surface area (Å²) >= 11 is 0. The number of nitrogens with zero attached hydrogens (tertiary/aromatic N) is 3. The summed E-state index contributed by atoms with van der Waals surface area (Å²) < 4.78 is 1.32. The van der Waals surface area contributed by atoms with Crippen LogP contribution in [0.1, 0.15) is 62.9 Å². The average Bonchev–Trinajstić information content (AvgIpc) is 3.14. The molecule has 1 heterocycles. The van der Waals surface area contributed by atoms with Gasteiger partial charge in [0.1, 0.15) is 0 Å². The number of aromatic nitrogens is 2. The van der Waals surface area contributed by atoms with Crippen LogP contribution in [0.2, 0.25) is 0 Å². The van der Waals surface area contributed by atoms with Crippen molar-refractivity contribution < 1.29 is 4.79 Å². The number of allylic oxidation sites excluding steroid dienone is 2. The highest BCUT2D eigenvalue weighted by atomic mass is 16.2. The largest absolute Gasteiger partial charge is 0.292 e. The number of carbonyl (C=O) groups is 1. The second-order valence-corrected chi connectivity index (χ2v) is 6.74. The van der Waals surface area contributed by atoms with Crippen LogP contribution >= 0.6 is 0 Å². The first kappa shape index (κ1) is 19.0. The van der Waals surface area contributed by atoms with Gasteiger partial charge >= 0.3 is 0 Å². The van der Waals surface area contributed by atoms with Crippen LogP contribution < -0.4 is 11.0 Å². The van der Waals surface area contributed by atoms with E-state index in [1.54, 1.807) is 24.3 Å². The molecular weight excluding hydrogens is 340 g/mol. The van der Waals surface area contributed by atoms with Crippen molar-refractivity contribution in [3.63, 3.8) is 0 Å². The van der Waals surface area contributed by atoms with Crippen LogP contribution in [-0.4, -0.2) is 21.4 Å². The highest BCUT2D eigenvalue weighted by Gasteiger charge is 2.17. The van der Waals surface area contributed by atoms with Gasteiger partial charge in [-0.05, 0) is 44.2 Å². The summed E-state index contributed by atoms with van der Waals surface area (Å²) in [5.74, 6) is -0.388. The predicted molar refractivity (Wildman–Crippen MR) is 108 cm³/mol. The molecule has 2 aromatic rings. The lowest BCUT2D eigenvalue weighted by atomic mass is 10.1. The highest BCUT2D eigenvalue weighted by molar-refractivity contribution is 6.06. The minimum Gasteiger partial charge on any atom is -0.267 e. The molecule has 0 fully saturated rings. The molecule has 1 N–H and O–H groups in total. The number of nitrogens with one attached hydrogen (secondary N) is 1. The number of hydrogen-bond acceptors (Lipinski definition) is 4. The SMILES string of the molecule is CCCCCC1=CCC/C1=N/NC(=O)c1nn(CC)c(=O)c2ccccc12. The third-order valence-electron chi connectivity index (χ3n) is 4.87. The topological polar surface area (TPSA) is 76.3 Å². The number of hydrogen-bond donors (Lipinski definition) is 1. The van der Waals surface area contributed by atoms with Crippen LogP contribution in [0.4, 0.5) is 0 Å². The molecule has 1 aliphatic rings. The van der Waals surface area contributed by atoms with Crippen molar-refractivity contribution in [1.82, 2.24) is 15.2 Å². The van der Waals surface area contributed by atoms with E-state index in [9.17, 15) is 9.59 Å². The molecule has 27 heavy (non-hydrogen) atoms. The maximum atomic E-state index is 12.7. The molecule has 0 saturated carbocycles. The summed E-state index contributed by atoms with van der Waals surface area (Å²) in [6, 6.07) is 7.06. The zero-order chi connectivity index (χ0) is 19.2. The molecule has 0 spiro atoms. The zero-order valence-electron chi connectivity index (χ0n) is 16.0. The third-order valence-corrected chi connectivity index (χ3v) is 4.87. The number of fused-ring (bicyclic) bond motifs is 1. The summed E-state index contributed by atoms with van der Waals surface area (Å²) in [5.41, 5.74) is 4.88. The Balaban J connectivity index is 1.84. The van der Waals surface area contributed by atoms with Crippen molar-refractivity contribution in [2.75, 3.05) is 0 Å². The first-order valence-corrected chi connectivity index (χ1v) is 9.71. The molecule has 0 atom stereocenters. The normalized spacial score (nSPS) is 15.3. The minimum absolute atomic E-state index is 0.187. The van der Waals surface area contributed by atoms with E-state index in [1.165, 1.54) is 23.1 Å². The number of hydrazone groups is 1. The van der Waals surface area contributed by atoms with Gasteiger partial charge in [-0.25, -0.2) is 10.1 Å². The summed E-state index contributed by atoms with van der Waals surface area (Å²) in [5, 5.41) is 9.66. The molecule has 0 radical (unpaired) electrons. The quantitative estimate of drug-likeness (QED) is 0.598. The summed E-state index contributed by atoms with van der Waals surface area (Å²) in [7, 11) is 0. The van der Waals surface area contributed by atoms with Crippen molar-refractivity contribution in [3.8, 4) is 0 Å². The van der Waals surface area contributed by atoms with E-state index in [1.807, 2.05) is 6.92 Å². The molecule has 0 aliphatic heterocycles. The molecular formula is C21H26N4O2. The summed E-state index contributed by atoms with van der Waals surface area (Å²) in [4.78, 5) is 25.1. The minimum atomic E-state index is -0.388. The van der Waals surface area contributed by atoms with Crippen molar-refractivity contribution in [3.05, 3.63) is 52.0 Å². The molecule has 3 rings (SSSR count). The van der Waals surface area contributed by atoms with E-state index in [-0.39, 0.29) is 17.2 Å². The molecule has 1 aliphatic carbocycles. The molecule has 1 aromatic heterocycles. The zero-order valence-corrected chi connectivity index (χ0v) is 16.0. The van der Waals surface area contributed by atoms with E-state index >= 15 is 0 Å². The Morgan fingerprint density at radius 1 is 1.22 bits per heavy atom. The lowest BCUT2D eigenvalue weighted by Gasteiger charge is -2.09. The molecule has 0 unspecified atom stereocenters. The Morgan fingerprint density at radius 3 is 2.74 bits per heavy atom. The highest BCUT2D eigenvalue weighted by Crippen LogP contribution is 2.21. The van der Waals surface area contributed by atoms with Crippen LogP contribution in [0.25, 0.3) is 10.8 Å². The fourth-order valence-corrected chi connectivity index (χ4v) is 3.39. The van der Waals surface area contributed by atoms with Crippen molar-refractivity contribution >= 4 is 22.4 Å². The Kier molecular flexibility index (Phi) is 6.16. The number of unbranched alkanes of at least 4 members (excludes halogenated alkanes) is 2. The standard InChI is InChI=1S/C21H26N4O2/c1-3-5-6-10-15-11-9-14-18(15)22-23-20(26)19-16-12-7-8-13-17(16)21(27)25(4-2)24-19/h7-8,11-13H,3-6,9-10,14H2,1-2H3,(H,23,26)/b22-18-. The Morgan fingerprint density at radius 2 is 2.00 bits per heavy atom. The second kappa shape index (κ2) is 8.75. The van der Waals surface area contributed by atoms with Crippen LogP contribution in [0.15, 0.2) is 45.8 Å². The van der Waals surface area contributed by atoms with E-state index in [0.717, 1.165) is 31.4 Å². The molecule has 6 nitrogen and oxygen atoms in total. The predicted octanol–water partition coefficient (Wildman–Crippen LogP) is 3.80. The van der Waals surface area contributed by atoms with Gasteiger partial charge in [0.2, 0.25) is 0 Å². The van der Waals surface area contributed by atoms with Crippen LogP contribution in [0.5, 0.6) is 0 Å². The average molecular weight is 366 g/mol. The van der Waals surface area contributed by atoms with Crippen molar-refractivity contribution in [1.29, 1.82) is 0 Å². The van der Waals surface area contributed by atoms with Gasteiger partial charge < -0.3 is 0 Å². The van der Waals surface area contributed by atoms with Gasteiger partial charge in [-0.1, -0.05) is 44.0 Å². The lowest BCUT2D eigenvalue weighted by molar-refractivity contribution is 0.0949. The van der Waals surface area contributed by atoms with Crippen molar-refractivity contribution in [2.45, 2.75) is 58.9 Å². The molecule has 1 aromatic carbocycles. The number of rotatable bonds is 7. The Hall–Kier alpha value is -2.76. The van der Waals surface area contributed by atoms with E-state index in [4.69, 9.17) is 0 Å². The van der Waals surface area contributed by atoms with Crippen LogP contribution in [0, 0.1) is 0 Å². The van der Waals surface area contributed by atoms with Crippen LogP contribution in [0.3, 0.4) is 0 Å². The Labute approximate surface area is 159 Å². The molecule has 142 valence electrons. The van der Waals surface area contributed by atoms with Crippen molar-refractivity contribution in [2.24, 2.45) is 5.10 Å².